The normalized spacial score (nSPS) is 17.2. The second kappa shape index (κ2) is 8.63. The summed E-state index contributed by atoms with van der Waals surface area (Å²) in [5, 5.41) is 22.8. The quantitative estimate of drug-likeness (QED) is 0.798. The molecule has 6 heteroatoms. The van der Waals surface area contributed by atoms with Crippen LogP contribution in [0.25, 0.3) is 0 Å². The van der Waals surface area contributed by atoms with E-state index in [0.29, 0.717) is 29.7 Å². The molecular weight excluding hydrogens is 319 g/mol. The minimum Gasteiger partial charge on any atom is -0.367 e. The van der Waals surface area contributed by atoms with Gasteiger partial charge in [0.05, 0.1) is 0 Å². The lowest BCUT2D eigenvalue weighted by Crippen LogP contribution is -2.42. The molecule has 0 amide bonds. The highest BCUT2D eigenvalue weighted by Gasteiger charge is 2.26. The molecule has 1 aliphatic heterocycles. The van der Waals surface area contributed by atoms with Crippen LogP contribution >= 0.6 is 0 Å². The van der Waals surface area contributed by atoms with Gasteiger partial charge in [0.1, 0.15) is 29.1 Å². The van der Waals surface area contributed by atoms with E-state index in [1.165, 1.54) is 6.07 Å². The van der Waals surface area contributed by atoms with Crippen molar-refractivity contribution in [3.63, 3.8) is 0 Å². The molecule has 25 heavy (non-hydrogen) atoms. The molecular formula is C19H25FN4O. The van der Waals surface area contributed by atoms with Gasteiger partial charge in [-0.1, -0.05) is 32.0 Å². The fourth-order valence-corrected chi connectivity index (χ4v) is 2.68. The third-order valence-electron chi connectivity index (χ3n) is 4.16. The van der Waals surface area contributed by atoms with Gasteiger partial charge >= 0.3 is 0 Å². The third kappa shape index (κ3) is 4.80. The summed E-state index contributed by atoms with van der Waals surface area (Å²) in [6, 6.07) is 8.52. The van der Waals surface area contributed by atoms with E-state index in [4.69, 9.17) is 0 Å². The zero-order chi connectivity index (χ0) is 18.4. The lowest BCUT2D eigenvalue weighted by molar-refractivity contribution is 0.211. The van der Waals surface area contributed by atoms with E-state index in [1.54, 1.807) is 18.2 Å². The van der Waals surface area contributed by atoms with E-state index < -0.39 is 6.23 Å². The SMILES string of the molecule is CCN(CCC(C)C)C1=C(C#N)C(O)N=C(Cc2ccccc2F)N1. The van der Waals surface area contributed by atoms with Crippen molar-refractivity contribution in [1.29, 1.82) is 5.26 Å². The van der Waals surface area contributed by atoms with Crippen LogP contribution in [0.4, 0.5) is 4.39 Å². The molecule has 5 nitrogen and oxygen atoms in total. The number of aliphatic hydroxyl groups is 1. The Morgan fingerprint density at radius 1 is 1.40 bits per heavy atom. The Balaban J connectivity index is 2.23. The lowest BCUT2D eigenvalue weighted by Gasteiger charge is -2.32. The number of aliphatic hydroxyl groups excluding tert-OH is 1. The van der Waals surface area contributed by atoms with Crippen molar-refractivity contribution in [2.24, 2.45) is 10.9 Å². The summed E-state index contributed by atoms with van der Waals surface area (Å²) >= 11 is 0. The van der Waals surface area contributed by atoms with Gasteiger partial charge in [0, 0.05) is 19.5 Å². The monoisotopic (exact) mass is 344 g/mol. The van der Waals surface area contributed by atoms with Crippen LogP contribution in [0, 0.1) is 23.1 Å². The predicted molar refractivity (Wildman–Crippen MR) is 96.0 cm³/mol. The molecule has 0 fully saturated rings. The van der Waals surface area contributed by atoms with Crippen LogP contribution in [-0.2, 0) is 6.42 Å². The van der Waals surface area contributed by atoms with Crippen LogP contribution in [-0.4, -0.2) is 35.2 Å². The van der Waals surface area contributed by atoms with Gasteiger partial charge in [0.25, 0.3) is 0 Å². The Bertz CT molecular complexity index is 706. The highest BCUT2D eigenvalue weighted by Crippen LogP contribution is 2.19. The van der Waals surface area contributed by atoms with Crippen molar-refractivity contribution in [2.75, 3.05) is 13.1 Å². The maximum absolute atomic E-state index is 13.9. The van der Waals surface area contributed by atoms with Gasteiger partial charge in [0.2, 0.25) is 0 Å². The summed E-state index contributed by atoms with van der Waals surface area (Å²) in [5.74, 6) is 1.24. The molecule has 134 valence electrons. The standard InChI is InChI=1S/C19H25FN4O/c1-4-24(10-9-13(2)3)18-15(12-21)19(25)23-17(22-18)11-14-7-5-6-8-16(14)20/h5-8,13,19,25H,4,9-11H2,1-3H3,(H,22,23). The Hall–Kier alpha value is -2.39. The Morgan fingerprint density at radius 2 is 2.12 bits per heavy atom. The number of nitrogens with one attached hydrogen (secondary N) is 1. The minimum absolute atomic E-state index is 0.197. The van der Waals surface area contributed by atoms with Gasteiger partial charge in [-0.2, -0.15) is 5.26 Å². The number of nitriles is 1. The fourth-order valence-electron chi connectivity index (χ4n) is 2.68. The molecule has 1 aromatic rings. The summed E-state index contributed by atoms with van der Waals surface area (Å²) in [5.41, 5.74) is 0.689. The van der Waals surface area contributed by atoms with Crippen molar-refractivity contribution >= 4 is 5.84 Å². The molecule has 0 saturated carbocycles. The number of aliphatic imine (C=N–C) groups is 1. The van der Waals surface area contributed by atoms with Crippen molar-refractivity contribution in [2.45, 2.75) is 39.8 Å². The number of benzene rings is 1. The molecule has 1 unspecified atom stereocenters. The number of hydrogen-bond donors (Lipinski definition) is 2. The van der Waals surface area contributed by atoms with Crippen LogP contribution in [0.3, 0.4) is 0 Å². The van der Waals surface area contributed by atoms with Crippen LogP contribution in [0.15, 0.2) is 40.7 Å². The Morgan fingerprint density at radius 3 is 2.72 bits per heavy atom. The summed E-state index contributed by atoms with van der Waals surface area (Å²) < 4.78 is 13.9. The second-order valence-corrected chi connectivity index (χ2v) is 6.48. The average Bonchev–Trinajstić information content (AvgIpc) is 2.57. The summed E-state index contributed by atoms with van der Waals surface area (Å²) in [6.45, 7) is 7.74. The molecule has 1 heterocycles. The first-order valence-corrected chi connectivity index (χ1v) is 8.60. The second-order valence-electron chi connectivity index (χ2n) is 6.48. The van der Waals surface area contributed by atoms with E-state index in [9.17, 15) is 14.8 Å². The van der Waals surface area contributed by atoms with Crippen LogP contribution in [0.2, 0.25) is 0 Å². The molecule has 2 N–H and O–H groups in total. The first-order chi connectivity index (χ1) is 12.0. The van der Waals surface area contributed by atoms with Crippen LogP contribution in [0.5, 0.6) is 0 Å². The van der Waals surface area contributed by atoms with Crippen molar-refractivity contribution < 1.29 is 9.50 Å². The van der Waals surface area contributed by atoms with Gasteiger partial charge in [-0.25, -0.2) is 9.38 Å². The number of rotatable bonds is 7. The van der Waals surface area contributed by atoms with E-state index in [0.717, 1.165) is 13.0 Å². The minimum atomic E-state index is -1.23. The molecule has 1 aliphatic rings. The van der Waals surface area contributed by atoms with E-state index in [1.807, 2.05) is 17.9 Å². The number of halogens is 1. The predicted octanol–water partition coefficient (Wildman–Crippen LogP) is 2.79. The van der Waals surface area contributed by atoms with E-state index in [-0.39, 0.29) is 17.8 Å². The van der Waals surface area contributed by atoms with Gasteiger partial charge in [-0.15, -0.1) is 0 Å². The average molecular weight is 344 g/mol. The highest BCUT2D eigenvalue weighted by atomic mass is 19.1. The molecule has 1 aromatic carbocycles. The maximum atomic E-state index is 13.9. The van der Waals surface area contributed by atoms with Crippen LogP contribution < -0.4 is 5.32 Å². The smallest absolute Gasteiger partial charge is 0.186 e. The molecule has 0 aliphatic carbocycles. The molecule has 0 radical (unpaired) electrons. The maximum Gasteiger partial charge on any atom is 0.186 e. The molecule has 0 bridgehead atoms. The van der Waals surface area contributed by atoms with Crippen molar-refractivity contribution in [3.05, 3.63) is 47.0 Å². The Labute approximate surface area is 148 Å². The highest BCUT2D eigenvalue weighted by molar-refractivity contribution is 5.87. The molecule has 0 aromatic heterocycles. The zero-order valence-corrected chi connectivity index (χ0v) is 15.0. The fraction of sp³-hybridized carbons (Fsp3) is 0.474. The Kier molecular flexibility index (Phi) is 6.54. The van der Waals surface area contributed by atoms with E-state index >= 15 is 0 Å². The first-order valence-electron chi connectivity index (χ1n) is 8.60. The third-order valence-corrected chi connectivity index (χ3v) is 4.16. The first kappa shape index (κ1) is 18.9. The van der Waals surface area contributed by atoms with Gasteiger partial charge < -0.3 is 15.3 Å². The van der Waals surface area contributed by atoms with E-state index in [2.05, 4.69) is 24.2 Å². The van der Waals surface area contributed by atoms with Gasteiger partial charge in [0.15, 0.2) is 6.23 Å². The summed E-state index contributed by atoms with van der Waals surface area (Å²) in [6.07, 6.45) is -0.0301. The van der Waals surface area contributed by atoms with Crippen molar-refractivity contribution in [1.82, 2.24) is 10.2 Å². The number of amidine groups is 1. The topological polar surface area (TPSA) is 71.7 Å². The van der Waals surface area contributed by atoms with Gasteiger partial charge in [-0.05, 0) is 30.9 Å². The van der Waals surface area contributed by atoms with Crippen molar-refractivity contribution in [3.8, 4) is 6.07 Å². The lowest BCUT2D eigenvalue weighted by atomic mass is 10.1. The molecule has 2 rings (SSSR count). The van der Waals surface area contributed by atoms with Gasteiger partial charge in [-0.3, -0.25) is 0 Å². The zero-order valence-electron chi connectivity index (χ0n) is 15.0. The largest absolute Gasteiger partial charge is 0.367 e. The summed E-state index contributed by atoms with van der Waals surface area (Å²) in [4.78, 5) is 6.15. The number of nitrogens with zero attached hydrogens (tertiary/aromatic N) is 3. The molecule has 1 atom stereocenters. The summed E-state index contributed by atoms with van der Waals surface area (Å²) in [7, 11) is 0. The molecule has 0 spiro atoms. The van der Waals surface area contributed by atoms with Crippen LogP contribution in [0.1, 0.15) is 32.8 Å². The molecule has 0 saturated heterocycles. The number of hydrogen-bond acceptors (Lipinski definition) is 5.